The maximum absolute atomic E-state index is 12.9. The quantitative estimate of drug-likeness (QED) is 0.409. The van der Waals surface area contributed by atoms with Gasteiger partial charge in [-0.25, -0.2) is 9.18 Å². The van der Waals surface area contributed by atoms with Crippen LogP contribution in [0.2, 0.25) is 0 Å². The molecule has 0 aliphatic heterocycles. The summed E-state index contributed by atoms with van der Waals surface area (Å²) in [6, 6.07) is 3.60. The number of benzene rings is 1. The van der Waals surface area contributed by atoms with Crippen LogP contribution in [-0.4, -0.2) is 18.9 Å². The van der Waals surface area contributed by atoms with Crippen molar-refractivity contribution in [3.05, 3.63) is 35.1 Å². The largest absolute Gasteiger partial charge is 0.459 e. The van der Waals surface area contributed by atoms with Gasteiger partial charge in [-0.1, -0.05) is 5.92 Å². The van der Waals surface area contributed by atoms with Crippen LogP contribution in [0.1, 0.15) is 22.8 Å². The lowest BCUT2D eigenvalue weighted by Gasteiger charge is -1.99. The third-order valence-corrected chi connectivity index (χ3v) is 1.85. The van der Waals surface area contributed by atoms with Gasteiger partial charge in [0.25, 0.3) is 0 Å². The fraction of sp³-hybridized carbons (Fsp3) is 0.167. The smallest absolute Gasteiger partial charge is 0.384 e. The number of ketones is 1. The number of halogens is 1. The SMILES string of the molecule is COC(=O)C#Cc1cc(F)ccc1C(C)=O. The Morgan fingerprint density at radius 1 is 1.38 bits per heavy atom. The second kappa shape index (κ2) is 5.08. The third kappa shape index (κ3) is 2.92. The number of esters is 1. The molecule has 0 aliphatic carbocycles. The molecule has 3 nitrogen and oxygen atoms in total. The van der Waals surface area contributed by atoms with Crippen LogP contribution >= 0.6 is 0 Å². The summed E-state index contributed by atoms with van der Waals surface area (Å²) in [7, 11) is 1.19. The van der Waals surface area contributed by atoms with Crippen molar-refractivity contribution in [3.63, 3.8) is 0 Å². The van der Waals surface area contributed by atoms with Crippen LogP contribution in [-0.2, 0) is 9.53 Å². The fourth-order valence-corrected chi connectivity index (χ4v) is 1.10. The standard InChI is InChI=1S/C12H9FO3/c1-8(14)11-5-4-10(13)7-9(11)3-6-12(15)16-2/h4-5,7H,1-2H3. The van der Waals surface area contributed by atoms with Crippen molar-refractivity contribution in [1.82, 2.24) is 0 Å². The summed E-state index contributed by atoms with van der Waals surface area (Å²) < 4.78 is 17.2. The number of hydrogen-bond acceptors (Lipinski definition) is 3. The molecule has 0 fully saturated rings. The Morgan fingerprint density at radius 3 is 2.62 bits per heavy atom. The predicted molar refractivity (Wildman–Crippen MR) is 55.3 cm³/mol. The number of methoxy groups -OCH3 is 1. The maximum atomic E-state index is 12.9. The van der Waals surface area contributed by atoms with E-state index in [0.29, 0.717) is 0 Å². The molecule has 1 aromatic rings. The zero-order chi connectivity index (χ0) is 12.1. The number of hydrogen-bond donors (Lipinski definition) is 0. The molecule has 1 rings (SSSR count). The Labute approximate surface area is 92.2 Å². The van der Waals surface area contributed by atoms with Gasteiger partial charge in [0.2, 0.25) is 0 Å². The molecule has 82 valence electrons. The Morgan fingerprint density at radius 2 is 2.06 bits per heavy atom. The molecule has 0 heterocycles. The lowest BCUT2D eigenvalue weighted by Crippen LogP contribution is -1.99. The molecule has 4 heteroatoms. The van der Waals surface area contributed by atoms with E-state index in [2.05, 4.69) is 16.6 Å². The number of rotatable bonds is 1. The topological polar surface area (TPSA) is 43.4 Å². The van der Waals surface area contributed by atoms with E-state index in [-0.39, 0.29) is 16.9 Å². The number of carbonyl (C=O) groups excluding carboxylic acids is 2. The molecule has 0 amide bonds. The van der Waals surface area contributed by atoms with Crippen molar-refractivity contribution >= 4 is 11.8 Å². The van der Waals surface area contributed by atoms with Crippen LogP contribution in [0.25, 0.3) is 0 Å². The van der Waals surface area contributed by atoms with Gasteiger partial charge in [-0.3, -0.25) is 4.79 Å². The molecule has 0 radical (unpaired) electrons. The summed E-state index contributed by atoms with van der Waals surface area (Å²) in [6.45, 7) is 1.34. The van der Waals surface area contributed by atoms with Gasteiger partial charge in [-0.2, -0.15) is 0 Å². The van der Waals surface area contributed by atoms with Gasteiger partial charge in [-0.15, -0.1) is 0 Å². The minimum atomic E-state index is -0.737. The molecule has 0 saturated heterocycles. The molecular weight excluding hydrogens is 211 g/mol. The first kappa shape index (κ1) is 11.9. The summed E-state index contributed by atoms with van der Waals surface area (Å²) >= 11 is 0. The Balaban J connectivity index is 3.19. The van der Waals surface area contributed by atoms with Crippen LogP contribution in [0.15, 0.2) is 18.2 Å². The fourth-order valence-electron chi connectivity index (χ4n) is 1.10. The molecule has 0 atom stereocenters. The molecule has 0 saturated carbocycles. The Kier molecular flexibility index (Phi) is 3.78. The maximum Gasteiger partial charge on any atom is 0.384 e. The molecule has 0 aliphatic rings. The number of ether oxygens (including phenoxy) is 1. The average Bonchev–Trinajstić information content (AvgIpc) is 2.25. The van der Waals surface area contributed by atoms with Crippen LogP contribution in [0, 0.1) is 17.7 Å². The summed E-state index contributed by atoms with van der Waals surface area (Å²) in [5.41, 5.74) is 0.454. The van der Waals surface area contributed by atoms with E-state index in [9.17, 15) is 14.0 Å². The minimum Gasteiger partial charge on any atom is -0.459 e. The first-order chi connectivity index (χ1) is 7.54. The first-order valence-corrected chi connectivity index (χ1v) is 4.45. The van der Waals surface area contributed by atoms with Crippen molar-refractivity contribution in [3.8, 4) is 11.8 Å². The van der Waals surface area contributed by atoms with E-state index in [4.69, 9.17) is 0 Å². The van der Waals surface area contributed by atoms with Gasteiger partial charge >= 0.3 is 5.97 Å². The number of carbonyl (C=O) groups is 2. The van der Waals surface area contributed by atoms with E-state index >= 15 is 0 Å². The molecule has 16 heavy (non-hydrogen) atoms. The van der Waals surface area contributed by atoms with Gasteiger partial charge in [-0.05, 0) is 25.1 Å². The lowest BCUT2D eigenvalue weighted by atomic mass is 10.0. The van der Waals surface area contributed by atoms with Crippen molar-refractivity contribution in [1.29, 1.82) is 0 Å². The highest BCUT2D eigenvalue weighted by molar-refractivity contribution is 5.97. The summed E-state index contributed by atoms with van der Waals surface area (Å²) in [5, 5.41) is 0. The zero-order valence-corrected chi connectivity index (χ0v) is 8.83. The van der Waals surface area contributed by atoms with E-state index in [1.165, 1.54) is 26.2 Å². The molecule has 0 aromatic heterocycles. The van der Waals surface area contributed by atoms with Crippen molar-refractivity contribution in [2.75, 3.05) is 7.11 Å². The van der Waals surface area contributed by atoms with Crippen LogP contribution < -0.4 is 0 Å². The van der Waals surface area contributed by atoms with Crippen molar-refractivity contribution in [2.45, 2.75) is 6.92 Å². The summed E-state index contributed by atoms with van der Waals surface area (Å²) in [5.74, 6) is 3.05. The normalized spacial score (nSPS) is 8.94. The van der Waals surface area contributed by atoms with Gasteiger partial charge in [0.15, 0.2) is 5.78 Å². The highest BCUT2D eigenvalue weighted by Gasteiger charge is 2.06. The van der Waals surface area contributed by atoms with Gasteiger partial charge in [0.1, 0.15) is 5.82 Å². The molecule has 1 aromatic carbocycles. The van der Waals surface area contributed by atoms with Gasteiger partial charge in [0, 0.05) is 17.0 Å². The van der Waals surface area contributed by atoms with Crippen molar-refractivity contribution < 1.29 is 18.7 Å². The Bertz CT molecular complexity index is 495. The molecule has 0 bridgehead atoms. The molecule has 0 N–H and O–H groups in total. The van der Waals surface area contributed by atoms with Crippen LogP contribution in [0.5, 0.6) is 0 Å². The molecule has 0 spiro atoms. The third-order valence-electron chi connectivity index (χ3n) is 1.85. The molecular formula is C12H9FO3. The predicted octanol–water partition coefficient (Wildman–Crippen LogP) is 1.55. The Hall–Kier alpha value is -2.15. The van der Waals surface area contributed by atoms with Crippen LogP contribution in [0.4, 0.5) is 4.39 Å². The monoisotopic (exact) mass is 220 g/mol. The van der Waals surface area contributed by atoms with E-state index in [1.54, 1.807) is 0 Å². The highest BCUT2D eigenvalue weighted by atomic mass is 19.1. The first-order valence-electron chi connectivity index (χ1n) is 4.45. The number of Topliss-reactive ketones (excluding diaryl/α,β-unsaturated/α-hetero) is 1. The van der Waals surface area contributed by atoms with E-state index < -0.39 is 11.8 Å². The summed E-state index contributed by atoms with van der Waals surface area (Å²) in [6.07, 6.45) is 0. The van der Waals surface area contributed by atoms with E-state index in [1.807, 2.05) is 0 Å². The van der Waals surface area contributed by atoms with Crippen molar-refractivity contribution in [2.24, 2.45) is 0 Å². The van der Waals surface area contributed by atoms with E-state index in [0.717, 1.165) is 6.07 Å². The van der Waals surface area contributed by atoms with Gasteiger partial charge in [0.05, 0.1) is 7.11 Å². The lowest BCUT2D eigenvalue weighted by molar-refractivity contribution is -0.133. The highest BCUT2D eigenvalue weighted by Crippen LogP contribution is 2.10. The zero-order valence-electron chi connectivity index (χ0n) is 8.83. The van der Waals surface area contributed by atoms with Gasteiger partial charge < -0.3 is 4.74 Å². The second-order valence-electron chi connectivity index (χ2n) is 2.99. The molecule has 0 unspecified atom stereocenters. The average molecular weight is 220 g/mol. The minimum absolute atomic E-state index is 0.179. The van der Waals surface area contributed by atoms with Crippen LogP contribution in [0.3, 0.4) is 0 Å². The summed E-state index contributed by atoms with van der Waals surface area (Å²) in [4.78, 5) is 22.0. The second-order valence-corrected chi connectivity index (χ2v) is 2.99.